The third kappa shape index (κ3) is 1.24. The zero-order valence-electron chi connectivity index (χ0n) is 5.50. The minimum absolute atomic E-state index is 0. The van der Waals surface area contributed by atoms with Gasteiger partial charge in [0.25, 0.3) is 0 Å². The Morgan fingerprint density at radius 3 is 2.70 bits per heavy atom. The van der Waals surface area contributed by atoms with E-state index in [0.717, 1.165) is 5.92 Å². The number of hydrogen-bond acceptors (Lipinski definition) is 2. The number of aromatic nitrogens is 2. The number of nitrogen functional groups attached to an aromatic ring is 1. The van der Waals surface area contributed by atoms with Crippen LogP contribution < -0.4 is 5.73 Å². The summed E-state index contributed by atoms with van der Waals surface area (Å²) >= 11 is 0. The van der Waals surface area contributed by atoms with Crippen LogP contribution in [0.5, 0.6) is 0 Å². The molecule has 1 aliphatic carbocycles. The molecule has 0 amide bonds. The number of H-pyrrole nitrogens is 1. The largest absolute Gasteiger partial charge is 0.382 e. The van der Waals surface area contributed by atoms with Crippen molar-refractivity contribution in [3.05, 3.63) is 11.8 Å². The van der Waals surface area contributed by atoms with E-state index in [4.69, 9.17) is 5.73 Å². The normalized spacial score (nSPS) is 16.4. The third-order valence-electron chi connectivity index (χ3n) is 1.63. The predicted molar refractivity (Wildman–Crippen MR) is 42.2 cm³/mol. The molecule has 0 radical (unpaired) electrons. The molecule has 0 aromatic carbocycles. The monoisotopic (exact) mass is 159 g/mol. The maximum atomic E-state index is 5.40. The van der Waals surface area contributed by atoms with Crippen LogP contribution in [0, 0.1) is 0 Å². The molecule has 0 atom stereocenters. The van der Waals surface area contributed by atoms with E-state index in [9.17, 15) is 0 Å². The summed E-state index contributed by atoms with van der Waals surface area (Å²) in [5.41, 5.74) is 6.60. The van der Waals surface area contributed by atoms with Crippen molar-refractivity contribution in [3.8, 4) is 0 Å². The highest BCUT2D eigenvalue weighted by Gasteiger charge is 2.24. The van der Waals surface area contributed by atoms with E-state index in [-0.39, 0.29) is 12.4 Å². The molecule has 56 valence electrons. The highest BCUT2D eigenvalue weighted by Crippen LogP contribution is 2.39. The molecule has 1 saturated carbocycles. The number of nitrogens with one attached hydrogen (secondary N) is 1. The summed E-state index contributed by atoms with van der Waals surface area (Å²) in [7, 11) is 0. The Labute approximate surface area is 65.4 Å². The van der Waals surface area contributed by atoms with Gasteiger partial charge in [-0.3, -0.25) is 5.10 Å². The fourth-order valence-corrected chi connectivity index (χ4v) is 0.956. The van der Waals surface area contributed by atoms with E-state index >= 15 is 0 Å². The summed E-state index contributed by atoms with van der Waals surface area (Å²) in [6.45, 7) is 0. The van der Waals surface area contributed by atoms with E-state index in [1.54, 1.807) is 0 Å². The van der Waals surface area contributed by atoms with Crippen LogP contribution in [0.25, 0.3) is 0 Å². The predicted octanol–water partition coefficient (Wildman–Crippen LogP) is 1.29. The summed E-state index contributed by atoms with van der Waals surface area (Å²) in [6.07, 6.45) is 2.59. The Bertz CT molecular complexity index is 217. The fourth-order valence-electron chi connectivity index (χ4n) is 0.956. The molecule has 10 heavy (non-hydrogen) atoms. The highest BCUT2D eigenvalue weighted by atomic mass is 35.5. The van der Waals surface area contributed by atoms with Crippen molar-refractivity contribution in [1.29, 1.82) is 0 Å². The van der Waals surface area contributed by atoms with Crippen molar-refractivity contribution in [2.45, 2.75) is 18.8 Å². The van der Waals surface area contributed by atoms with Gasteiger partial charge in [0.2, 0.25) is 0 Å². The smallest absolute Gasteiger partial charge is 0.145 e. The molecule has 1 aliphatic rings. The molecular weight excluding hydrogens is 150 g/mol. The van der Waals surface area contributed by atoms with Gasteiger partial charge in [0.15, 0.2) is 0 Å². The Morgan fingerprint density at radius 2 is 2.30 bits per heavy atom. The van der Waals surface area contributed by atoms with Gasteiger partial charge in [-0.2, -0.15) is 5.10 Å². The number of hydrogen-bond donors (Lipinski definition) is 2. The van der Waals surface area contributed by atoms with E-state index < -0.39 is 0 Å². The van der Waals surface area contributed by atoms with Crippen molar-refractivity contribution < 1.29 is 0 Å². The molecular formula is C6H10ClN3. The van der Waals surface area contributed by atoms with Gasteiger partial charge >= 0.3 is 0 Å². The molecule has 1 fully saturated rings. The number of halogens is 1. The van der Waals surface area contributed by atoms with Crippen LogP contribution in [-0.2, 0) is 0 Å². The number of nitrogens with zero attached hydrogens (tertiary/aromatic N) is 1. The van der Waals surface area contributed by atoms with Crippen LogP contribution in [0.1, 0.15) is 24.5 Å². The molecule has 0 spiro atoms. The van der Waals surface area contributed by atoms with Crippen molar-refractivity contribution in [3.63, 3.8) is 0 Å². The van der Waals surface area contributed by atoms with Gasteiger partial charge in [0.05, 0.1) is 0 Å². The van der Waals surface area contributed by atoms with E-state index in [1.807, 2.05) is 6.07 Å². The number of rotatable bonds is 1. The molecule has 1 heterocycles. The fraction of sp³-hybridized carbons (Fsp3) is 0.500. The standard InChI is InChI=1S/C6H9N3.ClH/c7-6-3-5(8-9-6)4-1-2-4;/h3-4H,1-2H2,(H3,7,8,9);1H. The van der Waals surface area contributed by atoms with Crippen LogP contribution in [0.4, 0.5) is 5.82 Å². The second-order valence-electron chi connectivity index (χ2n) is 2.52. The quantitative estimate of drug-likeness (QED) is 0.649. The lowest BCUT2D eigenvalue weighted by atomic mass is 10.3. The van der Waals surface area contributed by atoms with Gasteiger partial charge in [0, 0.05) is 17.7 Å². The minimum atomic E-state index is 0. The maximum Gasteiger partial charge on any atom is 0.145 e. The molecule has 1 aromatic heterocycles. The summed E-state index contributed by atoms with van der Waals surface area (Å²) < 4.78 is 0. The van der Waals surface area contributed by atoms with Crippen LogP contribution in [-0.4, -0.2) is 10.2 Å². The van der Waals surface area contributed by atoms with Crippen LogP contribution in [0.15, 0.2) is 6.07 Å². The van der Waals surface area contributed by atoms with Crippen LogP contribution in [0.3, 0.4) is 0 Å². The average Bonchev–Trinajstić information content (AvgIpc) is 2.58. The van der Waals surface area contributed by atoms with Gasteiger partial charge in [-0.15, -0.1) is 12.4 Å². The van der Waals surface area contributed by atoms with Crippen molar-refractivity contribution in [2.75, 3.05) is 5.73 Å². The molecule has 4 heteroatoms. The molecule has 1 aromatic rings. The maximum absolute atomic E-state index is 5.40. The Kier molecular flexibility index (Phi) is 1.85. The Hall–Kier alpha value is -0.700. The molecule has 0 saturated heterocycles. The minimum Gasteiger partial charge on any atom is -0.382 e. The van der Waals surface area contributed by atoms with Crippen molar-refractivity contribution in [2.24, 2.45) is 0 Å². The van der Waals surface area contributed by atoms with E-state index in [2.05, 4.69) is 10.2 Å². The van der Waals surface area contributed by atoms with Gasteiger partial charge in [0.1, 0.15) is 5.82 Å². The second-order valence-corrected chi connectivity index (χ2v) is 2.52. The van der Waals surface area contributed by atoms with Crippen molar-refractivity contribution >= 4 is 18.2 Å². The lowest BCUT2D eigenvalue weighted by molar-refractivity contribution is 0.968. The second kappa shape index (κ2) is 2.50. The van der Waals surface area contributed by atoms with E-state index in [1.165, 1.54) is 18.5 Å². The summed E-state index contributed by atoms with van der Waals surface area (Å²) in [4.78, 5) is 0. The Morgan fingerprint density at radius 1 is 1.60 bits per heavy atom. The number of aromatic amines is 1. The van der Waals surface area contributed by atoms with Gasteiger partial charge < -0.3 is 5.73 Å². The topological polar surface area (TPSA) is 54.7 Å². The first kappa shape index (κ1) is 7.41. The zero-order chi connectivity index (χ0) is 6.27. The first-order valence-corrected chi connectivity index (χ1v) is 3.17. The first-order valence-electron chi connectivity index (χ1n) is 3.17. The van der Waals surface area contributed by atoms with Crippen LogP contribution in [0.2, 0.25) is 0 Å². The zero-order valence-corrected chi connectivity index (χ0v) is 6.32. The number of nitrogens with two attached hydrogens (primary N) is 1. The molecule has 2 rings (SSSR count). The van der Waals surface area contributed by atoms with Crippen molar-refractivity contribution in [1.82, 2.24) is 10.2 Å². The van der Waals surface area contributed by atoms with Gasteiger partial charge in [-0.05, 0) is 12.8 Å². The summed E-state index contributed by atoms with van der Waals surface area (Å²) in [5, 5.41) is 6.72. The summed E-state index contributed by atoms with van der Waals surface area (Å²) in [5.74, 6) is 1.34. The lowest BCUT2D eigenvalue weighted by Crippen LogP contribution is -1.81. The first-order chi connectivity index (χ1) is 4.36. The molecule has 3 N–H and O–H groups in total. The van der Waals surface area contributed by atoms with E-state index in [0.29, 0.717) is 5.82 Å². The lowest BCUT2D eigenvalue weighted by Gasteiger charge is -1.82. The summed E-state index contributed by atoms with van der Waals surface area (Å²) in [6, 6.07) is 1.91. The van der Waals surface area contributed by atoms with Gasteiger partial charge in [-0.1, -0.05) is 0 Å². The average molecular weight is 160 g/mol. The molecule has 0 aliphatic heterocycles. The third-order valence-corrected chi connectivity index (χ3v) is 1.63. The molecule has 3 nitrogen and oxygen atoms in total. The highest BCUT2D eigenvalue weighted by molar-refractivity contribution is 5.85. The van der Waals surface area contributed by atoms with Crippen LogP contribution >= 0.6 is 12.4 Å². The SMILES string of the molecule is Cl.Nc1cc(C2CC2)[nH]n1. The molecule has 0 unspecified atom stereocenters. The van der Waals surface area contributed by atoms with Gasteiger partial charge in [-0.25, -0.2) is 0 Å². The number of anilines is 1. The molecule has 0 bridgehead atoms. The Balaban J connectivity index is 0.000000500.